The van der Waals surface area contributed by atoms with Gasteiger partial charge in [-0.3, -0.25) is 24.9 Å². The molecule has 14 heteroatoms. The lowest BCUT2D eigenvalue weighted by Crippen LogP contribution is -2.39. The number of alkyl halides is 3. The Kier molecular flexibility index (Phi) is 9.54. The number of carbonyl (C=O) groups excluding carboxylic acids is 1. The van der Waals surface area contributed by atoms with Crippen LogP contribution in [0.4, 0.5) is 34.6 Å². The van der Waals surface area contributed by atoms with Crippen LogP contribution >= 0.6 is 23.8 Å². The Balaban J connectivity index is 0.000000184. The summed E-state index contributed by atoms with van der Waals surface area (Å²) in [4.78, 5) is 31.7. The summed E-state index contributed by atoms with van der Waals surface area (Å²) in [5.74, 6) is -0.765. The van der Waals surface area contributed by atoms with Gasteiger partial charge in [0.2, 0.25) is 5.91 Å². The third-order valence-electron chi connectivity index (χ3n) is 6.82. The first-order valence-corrected chi connectivity index (χ1v) is 14.3. The number of thiocarbonyl (C=S) groups is 1. The molecule has 0 bridgehead atoms. The molecule has 1 amide bonds. The highest BCUT2D eigenvalue weighted by Gasteiger charge is 2.35. The predicted molar refractivity (Wildman–Crippen MR) is 173 cm³/mol. The van der Waals surface area contributed by atoms with E-state index in [1.165, 1.54) is 54.6 Å². The third-order valence-corrected chi connectivity index (χ3v) is 7.40. The quantitative estimate of drug-likeness (QED) is 0.106. The largest absolute Gasteiger partial charge is 0.406 e. The molecule has 6 rings (SSSR count). The molecule has 234 valence electrons. The summed E-state index contributed by atoms with van der Waals surface area (Å²) in [6, 6.07) is 24.0. The van der Waals surface area contributed by atoms with E-state index in [1.807, 2.05) is 30.3 Å². The maximum atomic E-state index is 14.2. The number of aliphatic imine (C=N–C) groups is 2. The molecule has 0 saturated carbocycles. The third kappa shape index (κ3) is 7.44. The molecule has 0 aromatic heterocycles. The van der Waals surface area contributed by atoms with Crippen molar-refractivity contribution in [2.24, 2.45) is 9.98 Å². The minimum absolute atomic E-state index is 0.00670. The Morgan fingerprint density at radius 3 is 2.28 bits per heavy atom. The predicted octanol–water partition coefficient (Wildman–Crippen LogP) is 7.41. The number of non-ortho nitro benzene ring substituents is 1. The molecule has 2 aliphatic rings. The first kappa shape index (κ1) is 32.4. The van der Waals surface area contributed by atoms with Crippen molar-refractivity contribution in [1.82, 2.24) is 0 Å². The van der Waals surface area contributed by atoms with Crippen LogP contribution in [0.2, 0.25) is 5.02 Å². The second-order valence-electron chi connectivity index (χ2n) is 9.97. The average molecular weight is 668 g/mol. The lowest BCUT2D eigenvalue weighted by Gasteiger charge is -2.26. The second-order valence-corrected chi connectivity index (χ2v) is 10.9. The summed E-state index contributed by atoms with van der Waals surface area (Å²) in [5.41, 5.74) is 3.36. The minimum atomic E-state index is -4.45. The van der Waals surface area contributed by atoms with Crippen LogP contribution in [0.1, 0.15) is 22.3 Å². The van der Waals surface area contributed by atoms with Crippen molar-refractivity contribution >= 4 is 63.2 Å². The highest BCUT2D eigenvalue weighted by Crippen LogP contribution is 2.33. The topological polar surface area (TPSA) is 100 Å². The fourth-order valence-corrected chi connectivity index (χ4v) is 5.24. The number of benzene rings is 4. The smallest absolute Gasteiger partial charge is 0.325 e. The van der Waals surface area contributed by atoms with Gasteiger partial charge in [0.15, 0.2) is 0 Å². The van der Waals surface area contributed by atoms with Gasteiger partial charge in [-0.15, -0.1) is 0 Å². The van der Waals surface area contributed by atoms with Gasteiger partial charge >= 0.3 is 6.18 Å². The molecule has 2 aliphatic heterocycles. The van der Waals surface area contributed by atoms with Gasteiger partial charge in [0, 0.05) is 39.4 Å². The van der Waals surface area contributed by atoms with Crippen LogP contribution in [0, 0.1) is 15.9 Å². The van der Waals surface area contributed by atoms with Gasteiger partial charge in [0.25, 0.3) is 5.69 Å². The van der Waals surface area contributed by atoms with Crippen molar-refractivity contribution in [1.29, 1.82) is 0 Å². The fourth-order valence-electron chi connectivity index (χ4n) is 4.84. The van der Waals surface area contributed by atoms with Crippen LogP contribution in [-0.2, 0) is 4.79 Å². The maximum absolute atomic E-state index is 14.2. The van der Waals surface area contributed by atoms with Crippen molar-refractivity contribution < 1.29 is 27.3 Å². The number of halogens is 5. The Bertz CT molecular complexity index is 1900. The fraction of sp³-hybridized carbons (Fsp3) is 0.125. The van der Waals surface area contributed by atoms with Gasteiger partial charge in [-0.05, 0) is 36.4 Å². The number of benzodiazepines with no additional fused rings is 2. The molecule has 0 spiro atoms. The summed E-state index contributed by atoms with van der Waals surface area (Å²) < 4.78 is 53.2. The number of amides is 1. The molecule has 2 heterocycles. The molecule has 0 radical (unpaired) electrons. The van der Waals surface area contributed by atoms with Crippen LogP contribution in [-0.4, -0.2) is 53.1 Å². The van der Waals surface area contributed by atoms with E-state index in [9.17, 15) is 32.5 Å². The van der Waals surface area contributed by atoms with Crippen LogP contribution < -0.4 is 10.2 Å². The lowest BCUT2D eigenvalue weighted by atomic mass is 9.99. The monoisotopic (exact) mass is 667 g/mol. The first-order chi connectivity index (χ1) is 21.9. The van der Waals surface area contributed by atoms with E-state index in [2.05, 4.69) is 15.3 Å². The molecule has 4 aromatic carbocycles. The zero-order chi connectivity index (χ0) is 33.0. The number of anilines is 2. The van der Waals surface area contributed by atoms with Crippen LogP contribution in [0.3, 0.4) is 0 Å². The summed E-state index contributed by atoms with van der Waals surface area (Å²) >= 11 is 11.1. The van der Waals surface area contributed by atoms with Gasteiger partial charge in [0.1, 0.15) is 23.9 Å². The summed E-state index contributed by atoms with van der Waals surface area (Å²) in [6.07, 6.45) is -4.45. The van der Waals surface area contributed by atoms with Gasteiger partial charge in [-0.1, -0.05) is 66.3 Å². The normalized spacial score (nSPS) is 14.3. The molecule has 4 aromatic rings. The van der Waals surface area contributed by atoms with E-state index >= 15 is 0 Å². The maximum Gasteiger partial charge on any atom is 0.406 e. The Morgan fingerprint density at radius 1 is 0.891 bits per heavy atom. The SMILES string of the molecule is Fc1ccccc1C1=NCC(=S)N(CC(F)(F)F)c2ccc(Cl)cc21.O=C1CN=C(c2ccccc2)c2cc([N+](=O)[O-])ccc2N1. The number of rotatable bonds is 4. The van der Waals surface area contributed by atoms with E-state index < -0.39 is 23.5 Å². The van der Waals surface area contributed by atoms with Gasteiger partial charge < -0.3 is 10.2 Å². The zero-order valence-corrected chi connectivity index (χ0v) is 25.2. The second kappa shape index (κ2) is 13.5. The molecule has 46 heavy (non-hydrogen) atoms. The number of nitrogens with one attached hydrogen (secondary N) is 1. The Hall–Kier alpha value is -5.01. The summed E-state index contributed by atoms with van der Waals surface area (Å²) in [5, 5.41) is 14.0. The first-order valence-electron chi connectivity index (χ1n) is 13.6. The Morgan fingerprint density at radius 2 is 1.59 bits per heavy atom. The van der Waals surface area contributed by atoms with E-state index in [4.69, 9.17) is 23.8 Å². The molecule has 0 aliphatic carbocycles. The van der Waals surface area contributed by atoms with Gasteiger partial charge in [-0.2, -0.15) is 13.2 Å². The van der Waals surface area contributed by atoms with Crippen LogP contribution in [0.15, 0.2) is 101 Å². The Labute approximate surface area is 270 Å². The number of fused-ring (bicyclic) bond motifs is 2. The molecule has 8 nitrogen and oxygen atoms in total. The molecule has 1 N–H and O–H groups in total. The van der Waals surface area contributed by atoms with Crippen LogP contribution in [0.25, 0.3) is 0 Å². The summed E-state index contributed by atoms with van der Waals surface area (Å²) in [7, 11) is 0. The number of nitro benzene ring substituents is 1. The highest BCUT2D eigenvalue weighted by molar-refractivity contribution is 7.80. The molecule has 0 fully saturated rings. The molecular weight excluding hydrogens is 646 g/mol. The number of nitrogens with zero attached hydrogens (tertiary/aromatic N) is 4. The molecular formula is C32H22ClF4N5O3S. The standard InChI is InChI=1S/C17H11ClF4N2S.C15H11N3O3/c18-10-5-6-14-12(7-10)16(11-3-1-2-4-13(11)19)23-8-15(25)24(14)9-17(20,21)22;19-14-9-16-15(10-4-2-1-3-5-10)12-8-11(18(20)21)6-7-13(12)17-14/h1-7H,8-9H2;1-8H,9H2,(H,17,19). The van der Waals surface area contributed by atoms with Crippen molar-refractivity contribution in [2.45, 2.75) is 6.18 Å². The van der Waals surface area contributed by atoms with Crippen molar-refractivity contribution in [2.75, 3.05) is 29.9 Å². The number of hydrogen-bond donors (Lipinski definition) is 1. The summed E-state index contributed by atoms with van der Waals surface area (Å²) in [6.45, 7) is -1.41. The number of hydrogen-bond acceptors (Lipinski definition) is 6. The number of carbonyl (C=O) groups is 1. The van der Waals surface area contributed by atoms with E-state index in [0.717, 1.165) is 10.5 Å². The number of nitro groups is 1. The van der Waals surface area contributed by atoms with Crippen LogP contribution in [0.5, 0.6) is 0 Å². The zero-order valence-electron chi connectivity index (χ0n) is 23.6. The van der Waals surface area contributed by atoms with Crippen molar-refractivity contribution in [3.8, 4) is 0 Å². The van der Waals surface area contributed by atoms with Gasteiger partial charge in [-0.25, -0.2) is 4.39 Å². The average Bonchev–Trinajstić information content (AvgIpc) is 3.26. The van der Waals surface area contributed by atoms with E-state index in [0.29, 0.717) is 27.5 Å². The highest BCUT2D eigenvalue weighted by atomic mass is 35.5. The molecule has 0 unspecified atom stereocenters. The lowest BCUT2D eigenvalue weighted by molar-refractivity contribution is -0.384. The van der Waals surface area contributed by atoms with E-state index in [1.54, 1.807) is 6.07 Å². The van der Waals surface area contributed by atoms with E-state index in [-0.39, 0.29) is 46.6 Å². The van der Waals surface area contributed by atoms with Gasteiger partial charge in [0.05, 0.1) is 34.3 Å². The van der Waals surface area contributed by atoms with Crippen molar-refractivity contribution in [3.05, 3.63) is 134 Å². The molecule has 0 atom stereocenters. The minimum Gasteiger partial charge on any atom is -0.325 e. The van der Waals surface area contributed by atoms with Crippen molar-refractivity contribution in [3.63, 3.8) is 0 Å². The molecule has 0 saturated heterocycles.